The average molecular weight is 379 g/mol. The first-order valence-electron chi connectivity index (χ1n) is 10.4. The number of methoxy groups -OCH3 is 1. The standard InChI is InChI=1S/C24H30N2O2/c1-17-10-12-18(13-11-17)16-26-20-6-5-7-21(26)15-19(14-20)25-24(27)22-8-3-4-9-23(22)28-2/h3-4,8-13,19-21H,5-7,14-16H2,1-2H3,(H,25,27)/t19?,20-,21+. The van der Waals surface area contributed by atoms with E-state index in [0.717, 1.165) is 19.4 Å². The summed E-state index contributed by atoms with van der Waals surface area (Å²) >= 11 is 0. The number of amides is 1. The number of nitrogens with zero attached hydrogens (tertiary/aromatic N) is 1. The Morgan fingerprint density at radius 1 is 1.07 bits per heavy atom. The molecule has 0 aliphatic carbocycles. The molecule has 2 aromatic carbocycles. The van der Waals surface area contributed by atoms with Gasteiger partial charge in [0, 0.05) is 24.7 Å². The highest BCUT2D eigenvalue weighted by Crippen LogP contribution is 2.35. The number of hydrogen-bond donors (Lipinski definition) is 1. The number of aryl methyl sites for hydroxylation is 1. The number of nitrogens with one attached hydrogen (secondary N) is 1. The molecular weight excluding hydrogens is 348 g/mol. The number of carbonyl (C=O) groups excluding carboxylic acids is 1. The third kappa shape index (κ3) is 4.07. The van der Waals surface area contributed by atoms with Gasteiger partial charge in [0.25, 0.3) is 5.91 Å². The summed E-state index contributed by atoms with van der Waals surface area (Å²) in [7, 11) is 1.61. The maximum Gasteiger partial charge on any atom is 0.255 e. The zero-order valence-electron chi connectivity index (χ0n) is 16.9. The van der Waals surface area contributed by atoms with E-state index in [2.05, 4.69) is 41.4 Å². The fraction of sp³-hybridized carbons (Fsp3) is 0.458. The maximum absolute atomic E-state index is 12.8. The van der Waals surface area contributed by atoms with Crippen LogP contribution in [0.5, 0.6) is 5.75 Å². The van der Waals surface area contributed by atoms with Crippen molar-refractivity contribution in [1.29, 1.82) is 0 Å². The van der Waals surface area contributed by atoms with Crippen molar-refractivity contribution in [3.05, 3.63) is 65.2 Å². The molecule has 2 saturated heterocycles. The highest BCUT2D eigenvalue weighted by Gasteiger charge is 2.38. The molecule has 148 valence electrons. The number of piperidine rings is 2. The van der Waals surface area contributed by atoms with Crippen molar-refractivity contribution < 1.29 is 9.53 Å². The zero-order chi connectivity index (χ0) is 19.5. The molecule has 2 aliphatic heterocycles. The number of rotatable bonds is 5. The van der Waals surface area contributed by atoms with Gasteiger partial charge in [-0.25, -0.2) is 0 Å². The topological polar surface area (TPSA) is 41.6 Å². The monoisotopic (exact) mass is 378 g/mol. The number of hydrogen-bond acceptors (Lipinski definition) is 3. The quantitative estimate of drug-likeness (QED) is 0.842. The molecule has 2 fully saturated rings. The predicted molar refractivity (Wildman–Crippen MR) is 112 cm³/mol. The number of para-hydroxylation sites is 1. The number of ether oxygens (including phenoxy) is 1. The minimum Gasteiger partial charge on any atom is -0.496 e. The molecule has 3 atom stereocenters. The van der Waals surface area contributed by atoms with E-state index in [1.807, 2.05) is 24.3 Å². The van der Waals surface area contributed by atoms with E-state index in [1.165, 1.54) is 30.4 Å². The Hall–Kier alpha value is -2.33. The molecule has 0 aromatic heterocycles. The van der Waals surface area contributed by atoms with Crippen LogP contribution in [0.4, 0.5) is 0 Å². The molecule has 0 radical (unpaired) electrons. The van der Waals surface area contributed by atoms with Gasteiger partial charge in [0.05, 0.1) is 12.7 Å². The van der Waals surface area contributed by atoms with Crippen LogP contribution in [-0.2, 0) is 6.54 Å². The van der Waals surface area contributed by atoms with Crippen molar-refractivity contribution in [2.45, 2.75) is 63.7 Å². The lowest BCUT2D eigenvalue weighted by molar-refractivity contribution is 0.0177. The Balaban J connectivity index is 1.43. The second-order valence-corrected chi connectivity index (χ2v) is 8.24. The smallest absolute Gasteiger partial charge is 0.255 e. The number of fused-ring (bicyclic) bond motifs is 2. The molecule has 1 unspecified atom stereocenters. The molecule has 0 saturated carbocycles. The van der Waals surface area contributed by atoms with E-state index < -0.39 is 0 Å². The summed E-state index contributed by atoms with van der Waals surface area (Å²) in [4.78, 5) is 15.5. The Morgan fingerprint density at radius 3 is 2.43 bits per heavy atom. The minimum atomic E-state index is -0.0208. The molecule has 2 heterocycles. The third-order valence-electron chi connectivity index (χ3n) is 6.30. The molecule has 1 amide bonds. The van der Waals surface area contributed by atoms with Gasteiger partial charge in [0.1, 0.15) is 5.75 Å². The van der Waals surface area contributed by atoms with Crippen molar-refractivity contribution in [3.63, 3.8) is 0 Å². The van der Waals surface area contributed by atoms with Crippen molar-refractivity contribution in [3.8, 4) is 5.75 Å². The SMILES string of the molecule is COc1ccccc1C(=O)NC1C[C@H]2CCC[C@@H](C1)N2Cc1ccc(C)cc1. The third-order valence-corrected chi connectivity index (χ3v) is 6.30. The van der Waals surface area contributed by atoms with Crippen molar-refractivity contribution in [1.82, 2.24) is 10.2 Å². The van der Waals surface area contributed by atoms with Gasteiger partial charge in [-0.15, -0.1) is 0 Å². The molecular formula is C24H30N2O2. The van der Waals surface area contributed by atoms with E-state index in [1.54, 1.807) is 7.11 Å². The lowest BCUT2D eigenvalue weighted by Gasteiger charge is -2.49. The Labute approximate surface area is 167 Å². The van der Waals surface area contributed by atoms with Crippen molar-refractivity contribution >= 4 is 5.91 Å². The summed E-state index contributed by atoms with van der Waals surface area (Å²) in [6, 6.07) is 17.7. The summed E-state index contributed by atoms with van der Waals surface area (Å²) in [6.45, 7) is 3.15. The van der Waals surface area contributed by atoms with Gasteiger partial charge in [0.2, 0.25) is 0 Å². The number of carbonyl (C=O) groups is 1. The predicted octanol–water partition coefficient (Wildman–Crippen LogP) is 4.32. The molecule has 2 bridgehead atoms. The summed E-state index contributed by atoms with van der Waals surface area (Å²) < 4.78 is 5.35. The molecule has 4 rings (SSSR count). The van der Waals surface area contributed by atoms with E-state index in [9.17, 15) is 4.79 Å². The van der Waals surface area contributed by atoms with Crippen LogP contribution in [-0.4, -0.2) is 36.0 Å². The number of benzene rings is 2. The fourth-order valence-corrected chi connectivity index (χ4v) is 4.85. The molecule has 4 nitrogen and oxygen atoms in total. The van der Waals surface area contributed by atoms with Gasteiger partial charge < -0.3 is 10.1 Å². The summed E-state index contributed by atoms with van der Waals surface area (Å²) in [5.74, 6) is 0.615. The van der Waals surface area contributed by atoms with Crippen LogP contribution >= 0.6 is 0 Å². The first-order valence-corrected chi connectivity index (χ1v) is 10.4. The van der Waals surface area contributed by atoms with Gasteiger partial charge >= 0.3 is 0 Å². The first-order chi connectivity index (χ1) is 13.6. The van der Waals surface area contributed by atoms with Crippen LogP contribution in [0.25, 0.3) is 0 Å². The molecule has 0 spiro atoms. The van der Waals surface area contributed by atoms with Crippen LogP contribution in [0, 0.1) is 6.92 Å². The summed E-state index contributed by atoms with van der Waals surface area (Å²) in [5, 5.41) is 3.28. The van der Waals surface area contributed by atoms with E-state index in [0.29, 0.717) is 23.4 Å². The van der Waals surface area contributed by atoms with E-state index >= 15 is 0 Å². The molecule has 2 aliphatic rings. The normalized spacial score (nSPS) is 24.6. The second-order valence-electron chi connectivity index (χ2n) is 8.24. The molecule has 4 heteroatoms. The van der Waals surface area contributed by atoms with Crippen molar-refractivity contribution in [2.24, 2.45) is 0 Å². The highest BCUT2D eigenvalue weighted by atomic mass is 16.5. The van der Waals surface area contributed by atoms with E-state index in [-0.39, 0.29) is 11.9 Å². The van der Waals surface area contributed by atoms with Gasteiger partial charge in [0.15, 0.2) is 0 Å². The largest absolute Gasteiger partial charge is 0.496 e. The molecule has 2 aromatic rings. The molecule has 1 N–H and O–H groups in total. The average Bonchev–Trinajstić information content (AvgIpc) is 2.70. The van der Waals surface area contributed by atoms with Gasteiger partial charge in [-0.1, -0.05) is 48.4 Å². The summed E-state index contributed by atoms with van der Waals surface area (Å²) in [6.07, 6.45) is 5.81. The second kappa shape index (κ2) is 8.36. The lowest BCUT2D eigenvalue weighted by atomic mass is 9.81. The first kappa shape index (κ1) is 19.0. The van der Waals surface area contributed by atoms with Crippen LogP contribution in [0.15, 0.2) is 48.5 Å². The lowest BCUT2D eigenvalue weighted by Crippen LogP contribution is -2.56. The van der Waals surface area contributed by atoms with Gasteiger partial charge in [-0.05, 0) is 50.3 Å². The highest BCUT2D eigenvalue weighted by molar-refractivity contribution is 5.97. The van der Waals surface area contributed by atoms with Crippen LogP contribution < -0.4 is 10.1 Å². The minimum absolute atomic E-state index is 0.0208. The molecule has 28 heavy (non-hydrogen) atoms. The summed E-state index contributed by atoms with van der Waals surface area (Å²) in [5.41, 5.74) is 3.32. The fourth-order valence-electron chi connectivity index (χ4n) is 4.85. The zero-order valence-corrected chi connectivity index (χ0v) is 16.9. The van der Waals surface area contributed by atoms with E-state index in [4.69, 9.17) is 4.74 Å². The Bertz CT molecular complexity index is 804. The maximum atomic E-state index is 12.8. The van der Waals surface area contributed by atoms with Gasteiger partial charge in [-0.2, -0.15) is 0 Å². The van der Waals surface area contributed by atoms with Gasteiger partial charge in [-0.3, -0.25) is 9.69 Å². The van der Waals surface area contributed by atoms with Crippen molar-refractivity contribution in [2.75, 3.05) is 7.11 Å². The Morgan fingerprint density at radius 2 is 1.75 bits per heavy atom. The van der Waals surface area contributed by atoms with Crippen LogP contribution in [0.2, 0.25) is 0 Å². The van der Waals surface area contributed by atoms with Crippen LogP contribution in [0.3, 0.4) is 0 Å². The van der Waals surface area contributed by atoms with Crippen LogP contribution in [0.1, 0.15) is 53.6 Å². The Kier molecular flexibility index (Phi) is 5.67.